The van der Waals surface area contributed by atoms with Gasteiger partial charge in [-0.15, -0.1) is 0 Å². The molecule has 1 aromatic carbocycles. The highest BCUT2D eigenvalue weighted by Gasteiger charge is 2.29. The molecule has 1 saturated heterocycles. The van der Waals surface area contributed by atoms with Crippen LogP contribution < -0.4 is 5.73 Å². The first kappa shape index (κ1) is 13.6. The quantitative estimate of drug-likeness (QED) is 0.850. The molecule has 0 aromatic heterocycles. The number of hydrogen-bond acceptors (Lipinski definition) is 3. The average molecular weight is 293 g/mol. The number of nitrogen functional groups attached to an aromatic ring is 1. The van der Waals surface area contributed by atoms with E-state index in [1.807, 2.05) is 0 Å². The molecule has 4 nitrogen and oxygen atoms in total. The molecule has 18 heavy (non-hydrogen) atoms. The Bertz CT molecular complexity index is 556. The van der Waals surface area contributed by atoms with Gasteiger partial charge < -0.3 is 5.73 Å². The summed E-state index contributed by atoms with van der Waals surface area (Å²) in [5.41, 5.74) is 5.66. The van der Waals surface area contributed by atoms with Crippen LogP contribution in [0.5, 0.6) is 0 Å². The van der Waals surface area contributed by atoms with Gasteiger partial charge >= 0.3 is 0 Å². The summed E-state index contributed by atoms with van der Waals surface area (Å²) in [4.78, 5) is -0.436. The summed E-state index contributed by atoms with van der Waals surface area (Å²) in [6.07, 6.45) is 2.57. The molecule has 0 bridgehead atoms. The maximum Gasteiger partial charge on any atom is 0.246 e. The van der Waals surface area contributed by atoms with E-state index in [2.05, 4.69) is 0 Å². The first-order valence-corrected chi connectivity index (χ1v) is 7.49. The molecule has 0 amide bonds. The van der Waals surface area contributed by atoms with Crippen LogP contribution in [-0.4, -0.2) is 25.8 Å². The lowest BCUT2D eigenvalue weighted by atomic mass is 10.2. The molecule has 1 aromatic rings. The van der Waals surface area contributed by atoms with Gasteiger partial charge in [-0.3, -0.25) is 0 Å². The minimum absolute atomic E-state index is 0.136. The van der Waals surface area contributed by atoms with Crippen molar-refractivity contribution in [1.29, 1.82) is 0 Å². The average Bonchev–Trinajstić information content (AvgIpc) is 2.34. The number of nitrogens with two attached hydrogens (primary N) is 1. The molecule has 0 atom stereocenters. The van der Waals surface area contributed by atoms with Crippen LogP contribution >= 0.6 is 11.6 Å². The second-order valence-electron chi connectivity index (χ2n) is 4.28. The lowest BCUT2D eigenvalue weighted by Crippen LogP contribution is -2.36. The number of rotatable bonds is 2. The molecule has 1 aliphatic rings. The fourth-order valence-electron chi connectivity index (χ4n) is 2.02. The maximum atomic E-state index is 13.8. The van der Waals surface area contributed by atoms with Crippen molar-refractivity contribution in [2.45, 2.75) is 24.2 Å². The van der Waals surface area contributed by atoms with Gasteiger partial charge in [-0.1, -0.05) is 18.0 Å². The number of halogens is 2. The predicted molar refractivity (Wildman–Crippen MR) is 68.4 cm³/mol. The maximum absolute atomic E-state index is 13.8. The van der Waals surface area contributed by atoms with E-state index in [0.717, 1.165) is 25.3 Å². The van der Waals surface area contributed by atoms with Crippen molar-refractivity contribution in [2.24, 2.45) is 0 Å². The third-order valence-electron chi connectivity index (χ3n) is 2.95. The predicted octanol–water partition coefficient (Wildman–Crippen LogP) is 2.24. The van der Waals surface area contributed by atoms with E-state index < -0.39 is 20.7 Å². The molecular formula is C11H14ClFN2O2S. The molecule has 0 aliphatic carbocycles. The summed E-state index contributed by atoms with van der Waals surface area (Å²) in [6.45, 7) is 0.822. The van der Waals surface area contributed by atoms with Crippen LogP contribution in [0.1, 0.15) is 19.3 Å². The van der Waals surface area contributed by atoms with Gasteiger partial charge in [0.15, 0.2) is 5.82 Å². The molecule has 100 valence electrons. The van der Waals surface area contributed by atoms with Crippen molar-refractivity contribution in [3.05, 3.63) is 23.0 Å². The summed E-state index contributed by atoms with van der Waals surface area (Å²) in [7, 11) is -3.84. The van der Waals surface area contributed by atoms with Crippen LogP contribution in [0, 0.1) is 5.82 Å². The van der Waals surface area contributed by atoms with Crippen molar-refractivity contribution in [3.63, 3.8) is 0 Å². The number of piperidine rings is 1. The van der Waals surface area contributed by atoms with Crippen molar-refractivity contribution in [2.75, 3.05) is 18.8 Å². The highest BCUT2D eigenvalue weighted by Crippen LogP contribution is 2.29. The summed E-state index contributed by atoms with van der Waals surface area (Å²) in [5, 5.41) is -0.273. The van der Waals surface area contributed by atoms with Gasteiger partial charge in [0, 0.05) is 18.8 Å². The molecule has 0 radical (unpaired) electrons. The highest BCUT2D eigenvalue weighted by molar-refractivity contribution is 7.89. The van der Waals surface area contributed by atoms with Crippen LogP contribution in [-0.2, 0) is 10.0 Å². The van der Waals surface area contributed by atoms with Crippen LogP contribution in [0.15, 0.2) is 17.0 Å². The third-order valence-corrected chi connectivity index (χ3v) is 5.12. The van der Waals surface area contributed by atoms with E-state index in [-0.39, 0.29) is 10.7 Å². The normalized spacial score (nSPS) is 17.9. The van der Waals surface area contributed by atoms with Crippen LogP contribution in [0.3, 0.4) is 0 Å². The van der Waals surface area contributed by atoms with Gasteiger partial charge in [0.25, 0.3) is 0 Å². The first-order valence-electron chi connectivity index (χ1n) is 5.67. The fourth-order valence-corrected chi connectivity index (χ4v) is 3.94. The Labute approximate surface area is 111 Å². The topological polar surface area (TPSA) is 63.4 Å². The van der Waals surface area contributed by atoms with Gasteiger partial charge in [0.05, 0.1) is 5.02 Å². The lowest BCUT2D eigenvalue weighted by molar-refractivity contribution is 0.345. The second-order valence-corrected chi connectivity index (χ2v) is 6.59. The van der Waals surface area contributed by atoms with Crippen molar-refractivity contribution in [1.82, 2.24) is 4.31 Å². The molecular weight excluding hydrogens is 279 g/mol. The minimum Gasteiger partial charge on any atom is -0.399 e. The number of benzene rings is 1. The fraction of sp³-hybridized carbons (Fsp3) is 0.455. The van der Waals surface area contributed by atoms with Crippen molar-refractivity contribution in [3.8, 4) is 0 Å². The SMILES string of the molecule is Nc1cc(Cl)c(F)c(S(=O)(=O)N2CCCCC2)c1. The molecule has 0 unspecified atom stereocenters. The standard InChI is InChI=1S/C11H14ClFN2O2S/c12-9-6-8(14)7-10(11(9)13)18(16,17)15-4-2-1-3-5-15/h6-7H,1-5,14H2. The summed E-state index contributed by atoms with van der Waals surface area (Å²) >= 11 is 5.63. The lowest BCUT2D eigenvalue weighted by Gasteiger charge is -2.26. The van der Waals surface area contributed by atoms with E-state index >= 15 is 0 Å². The van der Waals surface area contributed by atoms with E-state index in [0.29, 0.717) is 13.1 Å². The molecule has 2 rings (SSSR count). The Kier molecular flexibility index (Phi) is 3.79. The highest BCUT2D eigenvalue weighted by atomic mass is 35.5. The molecule has 1 fully saturated rings. The zero-order chi connectivity index (χ0) is 13.3. The second kappa shape index (κ2) is 5.03. The Balaban J connectivity index is 2.46. The smallest absolute Gasteiger partial charge is 0.246 e. The molecule has 1 aliphatic heterocycles. The largest absolute Gasteiger partial charge is 0.399 e. The first-order chi connectivity index (χ1) is 8.43. The minimum atomic E-state index is -3.84. The Hall–Kier alpha value is -0.850. The van der Waals surface area contributed by atoms with Gasteiger partial charge in [-0.2, -0.15) is 4.31 Å². The number of nitrogens with zero attached hydrogens (tertiary/aromatic N) is 1. The zero-order valence-corrected chi connectivity index (χ0v) is 11.3. The summed E-state index contributed by atoms with van der Waals surface area (Å²) in [6, 6.07) is 2.32. The van der Waals surface area contributed by atoms with Gasteiger partial charge in [0.1, 0.15) is 4.90 Å². The number of sulfonamides is 1. The van der Waals surface area contributed by atoms with Crippen LogP contribution in [0.25, 0.3) is 0 Å². The van der Waals surface area contributed by atoms with Crippen molar-refractivity contribution >= 4 is 27.3 Å². The molecule has 2 N–H and O–H groups in total. The van der Waals surface area contributed by atoms with E-state index in [4.69, 9.17) is 17.3 Å². The summed E-state index contributed by atoms with van der Waals surface area (Å²) < 4.78 is 39.7. The van der Waals surface area contributed by atoms with Gasteiger partial charge in [0.2, 0.25) is 10.0 Å². The Morgan fingerprint density at radius 2 is 1.83 bits per heavy atom. The Morgan fingerprint density at radius 3 is 2.44 bits per heavy atom. The molecule has 1 heterocycles. The molecule has 0 saturated carbocycles. The van der Waals surface area contributed by atoms with Gasteiger partial charge in [-0.25, -0.2) is 12.8 Å². The van der Waals surface area contributed by atoms with Crippen LogP contribution in [0.2, 0.25) is 5.02 Å². The van der Waals surface area contributed by atoms with Gasteiger partial charge in [-0.05, 0) is 25.0 Å². The van der Waals surface area contributed by atoms with E-state index in [9.17, 15) is 12.8 Å². The van der Waals surface area contributed by atoms with Crippen molar-refractivity contribution < 1.29 is 12.8 Å². The summed E-state index contributed by atoms with van der Waals surface area (Å²) in [5.74, 6) is -0.934. The van der Waals surface area contributed by atoms with E-state index in [1.54, 1.807) is 0 Å². The molecule has 7 heteroatoms. The third kappa shape index (κ3) is 2.46. The number of hydrogen-bond donors (Lipinski definition) is 1. The zero-order valence-electron chi connectivity index (χ0n) is 9.70. The number of anilines is 1. The monoisotopic (exact) mass is 292 g/mol. The van der Waals surface area contributed by atoms with E-state index in [1.165, 1.54) is 10.4 Å². The molecule has 0 spiro atoms. The van der Waals surface area contributed by atoms with Crippen LogP contribution in [0.4, 0.5) is 10.1 Å². The Morgan fingerprint density at radius 1 is 1.22 bits per heavy atom.